The quantitative estimate of drug-likeness (QED) is 0.779. The molecule has 2 aromatic carbocycles. The summed E-state index contributed by atoms with van der Waals surface area (Å²) in [5.41, 5.74) is 2.55. The molecular formula is C18H14N2O2. The summed E-state index contributed by atoms with van der Waals surface area (Å²) in [4.78, 5) is 16.1. The highest BCUT2D eigenvalue weighted by molar-refractivity contribution is 5.86. The third-order valence-electron chi connectivity index (χ3n) is 3.05. The number of anilines is 1. The second-order valence-electron chi connectivity index (χ2n) is 4.62. The van der Waals surface area contributed by atoms with Crippen molar-refractivity contribution in [1.29, 1.82) is 0 Å². The molecule has 0 atom stereocenters. The first-order chi connectivity index (χ1) is 10.8. The van der Waals surface area contributed by atoms with E-state index in [9.17, 15) is 4.79 Å². The van der Waals surface area contributed by atoms with Crippen molar-refractivity contribution in [1.82, 2.24) is 4.98 Å². The molecule has 0 aliphatic rings. The number of amides is 1. The Hall–Kier alpha value is -3.14. The van der Waals surface area contributed by atoms with Gasteiger partial charge in [-0.1, -0.05) is 36.4 Å². The van der Waals surface area contributed by atoms with Gasteiger partial charge in [-0.25, -0.2) is 4.79 Å². The predicted molar refractivity (Wildman–Crippen MR) is 85.8 cm³/mol. The molecule has 0 aliphatic carbocycles. The van der Waals surface area contributed by atoms with Gasteiger partial charge in [-0.15, -0.1) is 0 Å². The second-order valence-corrected chi connectivity index (χ2v) is 4.62. The molecule has 3 rings (SSSR count). The van der Waals surface area contributed by atoms with Gasteiger partial charge in [-0.3, -0.25) is 10.3 Å². The number of ether oxygens (including phenoxy) is 1. The lowest BCUT2D eigenvalue weighted by atomic mass is 10.1. The molecular weight excluding hydrogens is 276 g/mol. The van der Waals surface area contributed by atoms with Crippen LogP contribution in [0.5, 0.6) is 5.75 Å². The van der Waals surface area contributed by atoms with Gasteiger partial charge >= 0.3 is 6.09 Å². The zero-order valence-electron chi connectivity index (χ0n) is 11.8. The Morgan fingerprint density at radius 2 is 1.59 bits per heavy atom. The summed E-state index contributed by atoms with van der Waals surface area (Å²) >= 11 is 0. The number of benzene rings is 2. The molecule has 4 nitrogen and oxygen atoms in total. The van der Waals surface area contributed by atoms with Gasteiger partial charge in [0.1, 0.15) is 5.75 Å². The Bertz CT molecular complexity index is 741. The van der Waals surface area contributed by atoms with E-state index in [1.165, 1.54) is 0 Å². The number of pyridine rings is 1. The first-order valence-electron chi connectivity index (χ1n) is 6.86. The van der Waals surface area contributed by atoms with Crippen LogP contribution in [0.3, 0.4) is 0 Å². The molecule has 22 heavy (non-hydrogen) atoms. The molecule has 0 radical (unpaired) electrons. The van der Waals surface area contributed by atoms with E-state index in [0.29, 0.717) is 11.4 Å². The Kier molecular flexibility index (Phi) is 4.11. The number of carbonyl (C=O) groups is 1. The summed E-state index contributed by atoms with van der Waals surface area (Å²) in [7, 11) is 0. The summed E-state index contributed by atoms with van der Waals surface area (Å²) in [6.07, 6.45) is 1.23. The van der Waals surface area contributed by atoms with E-state index in [0.717, 1.165) is 11.3 Å². The van der Waals surface area contributed by atoms with Crippen LogP contribution in [0.4, 0.5) is 10.5 Å². The molecule has 1 aromatic heterocycles. The normalized spacial score (nSPS) is 10.0. The van der Waals surface area contributed by atoms with Crippen LogP contribution in [0.15, 0.2) is 79.0 Å². The molecule has 1 N–H and O–H groups in total. The molecule has 0 spiro atoms. The number of rotatable bonds is 3. The number of carbonyl (C=O) groups excluding carboxylic acids is 1. The first-order valence-corrected chi connectivity index (χ1v) is 6.86. The number of hydrogen-bond acceptors (Lipinski definition) is 3. The highest BCUT2D eigenvalue weighted by atomic mass is 16.6. The summed E-state index contributed by atoms with van der Waals surface area (Å²) < 4.78 is 5.17. The zero-order valence-corrected chi connectivity index (χ0v) is 11.8. The lowest BCUT2D eigenvalue weighted by Gasteiger charge is -2.07. The van der Waals surface area contributed by atoms with Crippen LogP contribution in [0.1, 0.15) is 0 Å². The van der Waals surface area contributed by atoms with Crippen molar-refractivity contribution in [3.8, 4) is 17.0 Å². The molecule has 0 saturated carbocycles. The van der Waals surface area contributed by atoms with Crippen LogP contribution in [-0.4, -0.2) is 11.1 Å². The molecule has 3 aromatic rings. The molecule has 0 saturated heterocycles. The SMILES string of the molecule is O=C(Nc1ccc(-c2ccccn2)cc1)Oc1ccccc1. The van der Waals surface area contributed by atoms with Crippen molar-refractivity contribution < 1.29 is 9.53 Å². The molecule has 108 valence electrons. The van der Waals surface area contributed by atoms with Crippen LogP contribution in [-0.2, 0) is 0 Å². The average molecular weight is 290 g/mol. The second kappa shape index (κ2) is 6.54. The van der Waals surface area contributed by atoms with Crippen LogP contribution >= 0.6 is 0 Å². The van der Waals surface area contributed by atoms with Crippen LogP contribution in [0.25, 0.3) is 11.3 Å². The van der Waals surface area contributed by atoms with Gasteiger partial charge in [0, 0.05) is 17.4 Å². The molecule has 1 heterocycles. The van der Waals surface area contributed by atoms with E-state index in [2.05, 4.69) is 10.3 Å². The molecule has 0 aliphatic heterocycles. The molecule has 0 unspecified atom stereocenters. The topological polar surface area (TPSA) is 51.2 Å². The predicted octanol–water partition coefficient (Wildman–Crippen LogP) is 4.36. The summed E-state index contributed by atoms with van der Waals surface area (Å²) in [5.74, 6) is 0.505. The minimum Gasteiger partial charge on any atom is -0.410 e. The minimum atomic E-state index is -0.517. The monoisotopic (exact) mass is 290 g/mol. The maximum atomic E-state index is 11.8. The maximum Gasteiger partial charge on any atom is 0.417 e. The number of para-hydroxylation sites is 1. The highest BCUT2D eigenvalue weighted by Crippen LogP contribution is 2.19. The minimum absolute atomic E-state index is 0.505. The van der Waals surface area contributed by atoms with Crippen LogP contribution in [0, 0.1) is 0 Å². The largest absolute Gasteiger partial charge is 0.417 e. The lowest BCUT2D eigenvalue weighted by Crippen LogP contribution is -2.16. The molecule has 0 fully saturated rings. The van der Waals surface area contributed by atoms with E-state index in [-0.39, 0.29) is 0 Å². The van der Waals surface area contributed by atoms with E-state index < -0.39 is 6.09 Å². The Labute approximate surface area is 128 Å². The average Bonchev–Trinajstić information content (AvgIpc) is 2.57. The molecule has 0 bridgehead atoms. The number of hydrogen-bond donors (Lipinski definition) is 1. The van der Waals surface area contributed by atoms with Crippen LogP contribution < -0.4 is 10.1 Å². The van der Waals surface area contributed by atoms with Crippen molar-refractivity contribution in [2.24, 2.45) is 0 Å². The van der Waals surface area contributed by atoms with Gasteiger partial charge in [-0.05, 0) is 36.4 Å². The van der Waals surface area contributed by atoms with Gasteiger partial charge in [0.2, 0.25) is 0 Å². The van der Waals surface area contributed by atoms with Gasteiger partial charge in [-0.2, -0.15) is 0 Å². The van der Waals surface area contributed by atoms with Gasteiger partial charge in [0.25, 0.3) is 0 Å². The zero-order chi connectivity index (χ0) is 15.2. The molecule has 4 heteroatoms. The highest BCUT2D eigenvalue weighted by Gasteiger charge is 2.05. The Morgan fingerprint density at radius 1 is 0.864 bits per heavy atom. The summed E-state index contributed by atoms with van der Waals surface area (Å²) in [6.45, 7) is 0. The lowest BCUT2D eigenvalue weighted by molar-refractivity contribution is 0.215. The first kappa shape index (κ1) is 13.8. The summed E-state index contributed by atoms with van der Waals surface area (Å²) in [6, 6.07) is 22.1. The number of nitrogens with zero attached hydrogens (tertiary/aromatic N) is 1. The fourth-order valence-electron chi connectivity index (χ4n) is 2.00. The Morgan fingerprint density at radius 3 is 2.27 bits per heavy atom. The van der Waals surface area contributed by atoms with Crippen molar-refractivity contribution in [3.05, 3.63) is 79.0 Å². The smallest absolute Gasteiger partial charge is 0.410 e. The third-order valence-corrected chi connectivity index (χ3v) is 3.05. The van der Waals surface area contributed by atoms with Crippen molar-refractivity contribution in [2.45, 2.75) is 0 Å². The number of aromatic nitrogens is 1. The Balaban J connectivity index is 1.65. The fraction of sp³-hybridized carbons (Fsp3) is 0. The van der Waals surface area contributed by atoms with E-state index in [1.54, 1.807) is 18.3 Å². The van der Waals surface area contributed by atoms with Gasteiger partial charge in [0.05, 0.1) is 5.69 Å². The van der Waals surface area contributed by atoms with Gasteiger partial charge < -0.3 is 4.74 Å². The third kappa shape index (κ3) is 3.49. The van der Waals surface area contributed by atoms with Gasteiger partial charge in [0.15, 0.2) is 0 Å². The van der Waals surface area contributed by atoms with E-state index in [1.807, 2.05) is 60.7 Å². The standard InChI is InChI=1S/C18H14N2O2/c21-18(22-16-6-2-1-3-7-16)20-15-11-9-14(10-12-15)17-8-4-5-13-19-17/h1-13H,(H,20,21). The van der Waals surface area contributed by atoms with E-state index >= 15 is 0 Å². The van der Waals surface area contributed by atoms with Crippen molar-refractivity contribution in [2.75, 3.05) is 5.32 Å². The maximum absolute atomic E-state index is 11.8. The van der Waals surface area contributed by atoms with Crippen molar-refractivity contribution >= 4 is 11.8 Å². The van der Waals surface area contributed by atoms with Crippen molar-refractivity contribution in [3.63, 3.8) is 0 Å². The van der Waals surface area contributed by atoms with Crippen LogP contribution in [0.2, 0.25) is 0 Å². The number of nitrogens with one attached hydrogen (secondary N) is 1. The molecule has 1 amide bonds. The summed E-state index contributed by atoms with van der Waals surface area (Å²) in [5, 5.41) is 2.69. The fourth-order valence-corrected chi connectivity index (χ4v) is 2.00. The van der Waals surface area contributed by atoms with E-state index in [4.69, 9.17) is 4.74 Å².